The Bertz CT molecular complexity index is 760. The third kappa shape index (κ3) is 8.06. The first-order valence-corrected chi connectivity index (χ1v) is 14.3. The van der Waals surface area contributed by atoms with Crippen LogP contribution in [-0.2, 0) is 19.1 Å². The van der Waals surface area contributed by atoms with Crippen molar-refractivity contribution >= 4 is 17.8 Å². The fourth-order valence-corrected chi connectivity index (χ4v) is 5.78. The molecular formula is C29H51N3O4. The van der Waals surface area contributed by atoms with Gasteiger partial charge >= 0.3 is 5.97 Å². The van der Waals surface area contributed by atoms with Gasteiger partial charge in [-0.05, 0) is 71.3 Å². The monoisotopic (exact) mass is 505 g/mol. The first-order chi connectivity index (χ1) is 17.1. The van der Waals surface area contributed by atoms with Crippen LogP contribution in [0.4, 0.5) is 0 Å². The Hall–Kier alpha value is -1.89. The molecule has 1 aliphatic carbocycles. The number of esters is 1. The SMILES string of the molecule is CCOC(=O)/C(C)=C/[C@H](C(C)C)N(C)C(=O)[C@@H](NC(=O)[C@H]1CCCCN1C(C)CC)C1CCCCC1. The van der Waals surface area contributed by atoms with Crippen LogP contribution < -0.4 is 5.32 Å². The number of hydrogen-bond acceptors (Lipinski definition) is 5. The van der Waals surface area contributed by atoms with Crippen molar-refractivity contribution in [1.82, 2.24) is 15.1 Å². The largest absolute Gasteiger partial charge is 0.463 e. The second-order valence-corrected chi connectivity index (χ2v) is 11.1. The van der Waals surface area contributed by atoms with Crippen molar-refractivity contribution < 1.29 is 19.1 Å². The van der Waals surface area contributed by atoms with Crippen LogP contribution >= 0.6 is 0 Å². The van der Waals surface area contributed by atoms with Crippen LogP contribution in [0.25, 0.3) is 0 Å². The van der Waals surface area contributed by atoms with Crippen molar-refractivity contribution in [1.29, 1.82) is 0 Å². The minimum Gasteiger partial charge on any atom is -0.463 e. The van der Waals surface area contributed by atoms with E-state index in [0.717, 1.165) is 57.9 Å². The predicted octanol–water partition coefficient (Wildman–Crippen LogP) is 4.70. The molecule has 7 nitrogen and oxygen atoms in total. The Kier molecular flexibility index (Phi) is 12.4. The molecule has 2 amide bonds. The van der Waals surface area contributed by atoms with Crippen molar-refractivity contribution in [2.75, 3.05) is 20.2 Å². The van der Waals surface area contributed by atoms with Crippen molar-refractivity contribution in [3.05, 3.63) is 11.6 Å². The number of likely N-dealkylation sites (N-methyl/N-ethyl adjacent to an activating group) is 1. The molecule has 206 valence electrons. The molecule has 1 N–H and O–H groups in total. The lowest BCUT2D eigenvalue weighted by Crippen LogP contribution is -2.59. The van der Waals surface area contributed by atoms with Gasteiger partial charge in [0, 0.05) is 18.7 Å². The number of hydrogen-bond donors (Lipinski definition) is 1. The zero-order valence-corrected chi connectivity index (χ0v) is 23.8. The van der Waals surface area contributed by atoms with Gasteiger partial charge in [0.1, 0.15) is 6.04 Å². The third-order valence-electron chi connectivity index (χ3n) is 8.18. The molecule has 2 aliphatic rings. The smallest absolute Gasteiger partial charge is 0.333 e. The molecular weight excluding hydrogens is 454 g/mol. The van der Waals surface area contributed by atoms with Gasteiger partial charge < -0.3 is 15.0 Å². The number of ether oxygens (including phenoxy) is 1. The van der Waals surface area contributed by atoms with Gasteiger partial charge in [0.25, 0.3) is 0 Å². The van der Waals surface area contributed by atoms with Gasteiger partial charge in [0.15, 0.2) is 0 Å². The predicted molar refractivity (Wildman–Crippen MR) is 144 cm³/mol. The van der Waals surface area contributed by atoms with Crippen LogP contribution in [0.15, 0.2) is 11.6 Å². The van der Waals surface area contributed by atoms with Crippen molar-refractivity contribution in [3.8, 4) is 0 Å². The van der Waals surface area contributed by atoms with Gasteiger partial charge in [-0.15, -0.1) is 0 Å². The third-order valence-corrected chi connectivity index (χ3v) is 8.18. The molecule has 1 unspecified atom stereocenters. The highest BCUT2D eigenvalue weighted by molar-refractivity contribution is 5.91. The van der Waals surface area contributed by atoms with Gasteiger partial charge in [-0.3, -0.25) is 14.5 Å². The number of carbonyl (C=O) groups is 3. The summed E-state index contributed by atoms with van der Waals surface area (Å²) in [5, 5.41) is 3.25. The molecule has 4 atom stereocenters. The van der Waals surface area contributed by atoms with Gasteiger partial charge in [0.05, 0.1) is 18.7 Å². The minimum absolute atomic E-state index is 0.00772. The number of nitrogens with one attached hydrogen (secondary N) is 1. The molecule has 0 bridgehead atoms. The van der Waals surface area contributed by atoms with Crippen LogP contribution in [0.1, 0.15) is 99.3 Å². The molecule has 0 aromatic carbocycles. The lowest BCUT2D eigenvalue weighted by molar-refractivity contribution is -0.141. The Morgan fingerprint density at radius 3 is 2.25 bits per heavy atom. The lowest BCUT2D eigenvalue weighted by Gasteiger charge is -2.41. The summed E-state index contributed by atoms with van der Waals surface area (Å²) < 4.78 is 5.15. The van der Waals surface area contributed by atoms with Crippen LogP contribution in [0.5, 0.6) is 0 Å². The number of nitrogens with zero attached hydrogens (tertiary/aromatic N) is 2. The first kappa shape index (κ1) is 30.3. The van der Waals surface area contributed by atoms with Crippen molar-refractivity contribution in [2.24, 2.45) is 11.8 Å². The Morgan fingerprint density at radius 2 is 1.67 bits per heavy atom. The minimum atomic E-state index is -0.541. The maximum atomic E-state index is 14.0. The molecule has 2 rings (SSSR count). The number of amides is 2. The number of likely N-dealkylation sites (tertiary alicyclic amines) is 1. The van der Waals surface area contributed by atoms with Gasteiger partial charge in [-0.25, -0.2) is 4.79 Å². The average molecular weight is 506 g/mol. The molecule has 7 heteroatoms. The summed E-state index contributed by atoms with van der Waals surface area (Å²) in [4.78, 5) is 44.0. The lowest BCUT2D eigenvalue weighted by atomic mass is 9.82. The summed E-state index contributed by atoms with van der Waals surface area (Å²) in [6, 6.07) is -0.643. The highest BCUT2D eigenvalue weighted by Crippen LogP contribution is 2.29. The first-order valence-electron chi connectivity index (χ1n) is 14.3. The van der Waals surface area contributed by atoms with E-state index in [2.05, 4.69) is 24.1 Å². The van der Waals surface area contributed by atoms with Crippen LogP contribution in [0, 0.1) is 11.8 Å². The van der Waals surface area contributed by atoms with E-state index in [-0.39, 0.29) is 41.7 Å². The normalized spacial score (nSPS) is 22.6. The Balaban J connectivity index is 2.28. The van der Waals surface area contributed by atoms with Gasteiger partial charge in [0.2, 0.25) is 11.8 Å². The second kappa shape index (κ2) is 14.7. The number of rotatable bonds is 11. The molecule has 0 aromatic rings. The average Bonchev–Trinajstić information content (AvgIpc) is 2.89. The number of piperidine rings is 1. The summed E-state index contributed by atoms with van der Waals surface area (Å²) in [7, 11) is 1.80. The summed E-state index contributed by atoms with van der Waals surface area (Å²) >= 11 is 0. The number of carbonyl (C=O) groups excluding carboxylic acids is 3. The summed E-state index contributed by atoms with van der Waals surface area (Å²) in [5.41, 5.74) is 0.500. The molecule has 1 heterocycles. The van der Waals surface area contributed by atoms with E-state index in [1.807, 2.05) is 19.9 Å². The molecule has 2 fully saturated rings. The maximum Gasteiger partial charge on any atom is 0.333 e. The van der Waals surface area contributed by atoms with E-state index >= 15 is 0 Å². The zero-order valence-electron chi connectivity index (χ0n) is 23.8. The van der Waals surface area contributed by atoms with Crippen LogP contribution in [0.3, 0.4) is 0 Å². The quantitative estimate of drug-likeness (QED) is 0.325. The fraction of sp³-hybridized carbons (Fsp3) is 0.828. The highest BCUT2D eigenvalue weighted by Gasteiger charge is 2.38. The molecule has 1 saturated carbocycles. The van der Waals surface area contributed by atoms with Crippen LogP contribution in [0.2, 0.25) is 0 Å². The maximum absolute atomic E-state index is 14.0. The zero-order chi connectivity index (χ0) is 26.8. The topological polar surface area (TPSA) is 79.0 Å². The summed E-state index contributed by atoms with van der Waals surface area (Å²) in [6.45, 7) is 13.2. The van der Waals surface area contributed by atoms with E-state index in [9.17, 15) is 14.4 Å². The van der Waals surface area contributed by atoms with E-state index < -0.39 is 6.04 Å². The van der Waals surface area contributed by atoms with E-state index in [1.54, 1.807) is 25.8 Å². The Morgan fingerprint density at radius 1 is 1.03 bits per heavy atom. The molecule has 0 spiro atoms. The molecule has 1 saturated heterocycles. The molecule has 1 aliphatic heterocycles. The van der Waals surface area contributed by atoms with E-state index in [0.29, 0.717) is 18.2 Å². The van der Waals surface area contributed by atoms with E-state index in [4.69, 9.17) is 4.74 Å². The van der Waals surface area contributed by atoms with Crippen molar-refractivity contribution in [2.45, 2.75) is 123 Å². The summed E-state index contributed by atoms with van der Waals surface area (Å²) in [6.07, 6.45) is 11.1. The fourth-order valence-electron chi connectivity index (χ4n) is 5.78. The van der Waals surface area contributed by atoms with Gasteiger partial charge in [-0.1, -0.05) is 52.5 Å². The highest BCUT2D eigenvalue weighted by atomic mass is 16.5. The molecule has 36 heavy (non-hydrogen) atoms. The van der Waals surface area contributed by atoms with E-state index in [1.165, 1.54) is 6.42 Å². The summed E-state index contributed by atoms with van der Waals surface area (Å²) in [5.74, 6) is -0.186. The second-order valence-electron chi connectivity index (χ2n) is 11.1. The van der Waals surface area contributed by atoms with Crippen LogP contribution in [-0.4, -0.2) is 72.0 Å². The Labute approximate surface area is 219 Å². The molecule has 0 aromatic heterocycles. The van der Waals surface area contributed by atoms with Gasteiger partial charge in [-0.2, -0.15) is 0 Å². The standard InChI is InChI=1S/C29H51N3O4/c1-8-22(6)32-18-14-13-17-24(32)27(33)30-26(23-15-11-10-12-16-23)28(34)31(7)25(20(3)4)19-21(5)29(35)36-9-2/h19-20,22-26H,8-18H2,1-7H3,(H,30,33)/b21-19+/t22?,24-,25-,26+/m1/s1. The van der Waals surface area contributed by atoms with Crippen molar-refractivity contribution in [3.63, 3.8) is 0 Å². The molecule has 0 radical (unpaired) electrons.